The smallest absolute Gasteiger partial charge is 0.320 e. The second kappa shape index (κ2) is 6.74. The molecule has 6 nitrogen and oxygen atoms in total. The lowest BCUT2D eigenvalue weighted by Crippen LogP contribution is -2.46. The molecule has 0 aromatic carbocycles. The lowest BCUT2D eigenvalue weighted by molar-refractivity contribution is -0.150. The van der Waals surface area contributed by atoms with Crippen molar-refractivity contribution in [2.24, 2.45) is 11.3 Å². The highest BCUT2D eigenvalue weighted by molar-refractivity contribution is 5.80. The Balaban J connectivity index is 2.82. The van der Waals surface area contributed by atoms with Gasteiger partial charge >= 0.3 is 12.0 Å². The molecule has 0 radical (unpaired) electrons. The average molecular weight is 284 g/mol. The SMILES string of the molecule is C=CCN(CCO)C(=O)N1CCC(C(=O)O)(C(C)C)C1. The first kappa shape index (κ1) is 16.5. The zero-order valence-corrected chi connectivity index (χ0v) is 12.2. The molecule has 1 rings (SSSR count). The van der Waals surface area contributed by atoms with Crippen LogP contribution < -0.4 is 0 Å². The number of rotatable bonds is 6. The highest BCUT2D eigenvalue weighted by atomic mass is 16.4. The van der Waals surface area contributed by atoms with Crippen molar-refractivity contribution in [1.29, 1.82) is 0 Å². The van der Waals surface area contributed by atoms with E-state index in [0.717, 1.165) is 0 Å². The Morgan fingerprint density at radius 3 is 2.55 bits per heavy atom. The van der Waals surface area contributed by atoms with Gasteiger partial charge in [0.05, 0.1) is 12.0 Å². The molecule has 2 amide bonds. The molecule has 0 bridgehead atoms. The molecule has 6 heteroatoms. The van der Waals surface area contributed by atoms with E-state index in [0.29, 0.717) is 19.5 Å². The molecule has 1 heterocycles. The van der Waals surface area contributed by atoms with E-state index in [1.165, 1.54) is 4.90 Å². The van der Waals surface area contributed by atoms with Crippen molar-refractivity contribution < 1.29 is 19.8 Å². The van der Waals surface area contributed by atoms with Crippen LogP contribution in [-0.4, -0.2) is 64.8 Å². The maximum Gasteiger partial charge on any atom is 0.320 e. The molecule has 1 atom stereocenters. The summed E-state index contributed by atoms with van der Waals surface area (Å²) in [4.78, 5) is 26.9. The molecule has 1 aliphatic rings. The molecule has 1 saturated heterocycles. The summed E-state index contributed by atoms with van der Waals surface area (Å²) in [6, 6.07) is -0.234. The lowest BCUT2D eigenvalue weighted by atomic mass is 9.76. The minimum atomic E-state index is -0.866. The van der Waals surface area contributed by atoms with Gasteiger partial charge in [-0.1, -0.05) is 19.9 Å². The molecule has 114 valence electrons. The van der Waals surface area contributed by atoms with Crippen LogP contribution in [0.3, 0.4) is 0 Å². The highest BCUT2D eigenvalue weighted by Crippen LogP contribution is 2.38. The summed E-state index contributed by atoms with van der Waals surface area (Å²) >= 11 is 0. The third-order valence-electron chi connectivity index (χ3n) is 4.09. The van der Waals surface area contributed by atoms with Crippen molar-refractivity contribution in [2.75, 3.05) is 32.8 Å². The normalized spacial score (nSPS) is 22.1. The van der Waals surface area contributed by atoms with Crippen LogP contribution in [0.2, 0.25) is 0 Å². The van der Waals surface area contributed by atoms with Crippen LogP contribution in [-0.2, 0) is 4.79 Å². The fourth-order valence-corrected chi connectivity index (χ4v) is 2.63. The largest absolute Gasteiger partial charge is 0.481 e. The third kappa shape index (κ3) is 3.12. The topological polar surface area (TPSA) is 81.1 Å². The van der Waals surface area contributed by atoms with Crippen molar-refractivity contribution in [2.45, 2.75) is 20.3 Å². The number of hydrogen-bond donors (Lipinski definition) is 2. The van der Waals surface area contributed by atoms with E-state index in [4.69, 9.17) is 5.11 Å². The van der Waals surface area contributed by atoms with Crippen LogP contribution in [0.1, 0.15) is 20.3 Å². The number of aliphatic carboxylic acids is 1. The minimum Gasteiger partial charge on any atom is -0.481 e. The first-order valence-electron chi connectivity index (χ1n) is 6.88. The average Bonchev–Trinajstić information content (AvgIpc) is 2.84. The number of aliphatic hydroxyl groups excluding tert-OH is 1. The van der Waals surface area contributed by atoms with Crippen LogP contribution in [0.4, 0.5) is 4.79 Å². The fraction of sp³-hybridized carbons (Fsp3) is 0.714. The fourth-order valence-electron chi connectivity index (χ4n) is 2.63. The van der Waals surface area contributed by atoms with Crippen molar-refractivity contribution in [3.8, 4) is 0 Å². The number of urea groups is 1. The zero-order chi connectivity index (χ0) is 15.3. The number of hydrogen-bond acceptors (Lipinski definition) is 3. The van der Waals surface area contributed by atoms with Gasteiger partial charge in [0.2, 0.25) is 0 Å². The third-order valence-corrected chi connectivity index (χ3v) is 4.09. The second-order valence-electron chi connectivity index (χ2n) is 5.53. The van der Waals surface area contributed by atoms with Crippen LogP contribution in [0.5, 0.6) is 0 Å². The lowest BCUT2D eigenvalue weighted by Gasteiger charge is -2.30. The second-order valence-corrected chi connectivity index (χ2v) is 5.53. The zero-order valence-electron chi connectivity index (χ0n) is 12.2. The van der Waals surface area contributed by atoms with Gasteiger partial charge in [-0.05, 0) is 12.3 Å². The number of amides is 2. The van der Waals surface area contributed by atoms with E-state index >= 15 is 0 Å². The van der Waals surface area contributed by atoms with E-state index in [1.807, 2.05) is 13.8 Å². The van der Waals surface area contributed by atoms with Gasteiger partial charge < -0.3 is 20.0 Å². The summed E-state index contributed by atoms with van der Waals surface area (Å²) in [6.45, 7) is 8.43. The Labute approximate surface area is 119 Å². The number of carboxylic acid groups (broad SMARTS) is 1. The maximum atomic E-state index is 12.4. The summed E-state index contributed by atoms with van der Waals surface area (Å²) in [5.74, 6) is -0.885. The van der Waals surface area contributed by atoms with Gasteiger partial charge in [0, 0.05) is 26.2 Å². The van der Waals surface area contributed by atoms with Crippen LogP contribution in [0.25, 0.3) is 0 Å². The molecule has 0 spiro atoms. The maximum absolute atomic E-state index is 12.4. The standard InChI is InChI=1S/C14H24N2O4/c1-4-6-15(8-9-17)13(20)16-7-5-14(10-16,11(2)3)12(18)19/h4,11,17H,1,5-10H2,2-3H3,(H,18,19). The van der Waals surface area contributed by atoms with Crippen molar-refractivity contribution >= 4 is 12.0 Å². The first-order chi connectivity index (χ1) is 9.39. The summed E-state index contributed by atoms with van der Waals surface area (Å²) < 4.78 is 0. The Kier molecular flexibility index (Phi) is 5.56. The van der Waals surface area contributed by atoms with Gasteiger partial charge in [-0.25, -0.2) is 4.79 Å². The molecular formula is C14H24N2O4. The number of carboxylic acids is 1. The number of aliphatic hydroxyl groups is 1. The van der Waals surface area contributed by atoms with Crippen molar-refractivity contribution in [1.82, 2.24) is 9.80 Å². The quantitative estimate of drug-likeness (QED) is 0.714. The van der Waals surface area contributed by atoms with Crippen LogP contribution in [0, 0.1) is 11.3 Å². The highest BCUT2D eigenvalue weighted by Gasteiger charge is 2.48. The van der Waals surface area contributed by atoms with Gasteiger partial charge in [0.1, 0.15) is 0 Å². The predicted molar refractivity (Wildman–Crippen MR) is 75.3 cm³/mol. The summed E-state index contributed by atoms with van der Waals surface area (Å²) in [5, 5.41) is 18.5. The Hall–Kier alpha value is -1.56. The molecule has 0 aromatic rings. The van der Waals surface area contributed by atoms with E-state index in [9.17, 15) is 14.7 Å². The van der Waals surface area contributed by atoms with E-state index < -0.39 is 11.4 Å². The molecule has 1 unspecified atom stereocenters. The van der Waals surface area contributed by atoms with E-state index in [1.54, 1.807) is 11.0 Å². The molecule has 0 saturated carbocycles. The van der Waals surface area contributed by atoms with Gasteiger partial charge in [0.15, 0.2) is 0 Å². The van der Waals surface area contributed by atoms with Crippen molar-refractivity contribution in [3.63, 3.8) is 0 Å². The molecule has 20 heavy (non-hydrogen) atoms. The van der Waals surface area contributed by atoms with E-state index in [-0.39, 0.29) is 31.6 Å². The molecule has 2 N–H and O–H groups in total. The van der Waals surface area contributed by atoms with Crippen LogP contribution in [0.15, 0.2) is 12.7 Å². The van der Waals surface area contributed by atoms with E-state index in [2.05, 4.69) is 6.58 Å². The first-order valence-corrected chi connectivity index (χ1v) is 6.88. The molecule has 0 aliphatic carbocycles. The van der Waals surface area contributed by atoms with Gasteiger partial charge in [-0.2, -0.15) is 0 Å². The summed E-state index contributed by atoms with van der Waals surface area (Å²) in [5.41, 5.74) is -0.866. The molecule has 1 aliphatic heterocycles. The number of nitrogens with zero attached hydrogens (tertiary/aromatic N) is 2. The van der Waals surface area contributed by atoms with Gasteiger partial charge in [-0.15, -0.1) is 6.58 Å². The Bertz CT molecular complexity index is 383. The summed E-state index contributed by atoms with van der Waals surface area (Å²) in [7, 11) is 0. The number of carbonyl (C=O) groups excluding carboxylic acids is 1. The Morgan fingerprint density at radius 2 is 2.15 bits per heavy atom. The monoisotopic (exact) mass is 284 g/mol. The predicted octanol–water partition coefficient (Wildman–Crippen LogP) is 1.02. The number of likely N-dealkylation sites (tertiary alicyclic amines) is 1. The Morgan fingerprint density at radius 1 is 1.50 bits per heavy atom. The van der Waals surface area contributed by atoms with Crippen molar-refractivity contribution in [3.05, 3.63) is 12.7 Å². The molecular weight excluding hydrogens is 260 g/mol. The molecule has 0 aromatic heterocycles. The van der Waals surface area contributed by atoms with Gasteiger partial charge in [0.25, 0.3) is 0 Å². The number of carbonyl (C=O) groups is 2. The minimum absolute atomic E-state index is 0.0384. The molecule has 1 fully saturated rings. The summed E-state index contributed by atoms with van der Waals surface area (Å²) in [6.07, 6.45) is 2.06. The van der Waals surface area contributed by atoms with Crippen LogP contribution >= 0.6 is 0 Å². The van der Waals surface area contributed by atoms with Gasteiger partial charge in [-0.3, -0.25) is 4.79 Å².